The molecule has 1 heterocycles. The van der Waals surface area contributed by atoms with E-state index in [-0.39, 0.29) is 34.8 Å². The third kappa shape index (κ3) is 10.6. The molecule has 41 heavy (non-hydrogen) atoms. The van der Waals surface area contributed by atoms with Crippen molar-refractivity contribution >= 4 is 5.97 Å². The third-order valence-corrected chi connectivity index (χ3v) is 7.56. The topological polar surface area (TPSA) is 52.1 Å². The Labute approximate surface area is 245 Å². The van der Waals surface area contributed by atoms with Crippen LogP contribution in [-0.4, -0.2) is 15.9 Å². The highest BCUT2D eigenvalue weighted by Gasteiger charge is 2.17. The van der Waals surface area contributed by atoms with Crippen LogP contribution in [0.25, 0.3) is 22.5 Å². The summed E-state index contributed by atoms with van der Waals surface area (Å²) in [6.45, 7) is 8.36. The van der Waals surface area contributed by atoms with E-state index in [9.17, 15) is 13.6 Å². The van der Waals surface area contributed by atoms with Gasteiger partial charge in [0, 0.05) is 24.0 Å². The summed E-state index contributed by atoms with van der Waals surface area (Å²) < 4.78 is 35.1. The van der Waals surface area contributed by atoms with E-state index in [2.05, 4.69) is 30.7 Å². The summed E-state index contributed by atoms with van der Waals surface area (Å²) in [4.78, 5) is 21.0. The van der Waals surface area contributed by atoms with Crippen LogP contribution in [0.4, 0.5) is 8.78 Å². The number of nitrogens with zero attached hydrogens (tertiary/aromatic N) is 2. The molecule has 0 saturated heterocycles. The van der Waals surface area contributed by atoms with Crippen molar-refractivity contribution in [1.82, 2.24) is 9.97 Å². The quantitative estimate of drug-likeness (QED) is 0.0930. The lowest BCUT2D eigenvalue weighted by atomic mass is 10.00. The van der Waals surface area contributed by atoms with Crippen molar-refractivity contribution in [2.75, 3.05) is 0 Å². The van der Waals surface area contributed by atoms with Crippen molar-refractivity contribution in [2.24, 2.45) is 11.8 Å². The summed E-state index contributed by atoms with van der Waals surface area (Å²) >= 11 is 0. The minimum atomic E-state index is -0.577. The van der Waals surface area contributed by atoms with Crippen molar-refractivity contribution in [3.63, 3.8) is 0 Å². The zero-order valence-electron chi connectivity index (χ0n) is 25.2. The second-order valence-corrected chi connectivity index (χ2v) is 11.6. The van der Waals surface area contributed by atoms with Gasteiger partial charge in [0.05, 0.1) is 11.5 Å². The molecule has 6 heteroatoms. The molecule has 0 aliphatic carbocycles. The van der Waals surface area contributed by atoms with E-state index >= 15 is 0 Å². The highest BCUT2D eigenvalue weighted by atomic mass is 19.1. The Balaban J connectivity index is 1.54. The number of unbranched alkanes of at least 4 members (excludes halogenated alkanes) is 7. The molecule has 3 rings (SSSR count). The number of halogens is 2. The molecule has 4 nitrogen and oxygen atoms in total. The normalized spacial score (nSPS) is 12.1. The number of rotatable bonds is 17. The number of carbonyl (C=O) groups is 1. The van der Waals surface area contributed by atoms with Gasteiger partial charge in [-0.15, -0.1) is 0 Å². The monoisotopic (exact) mass is 564 g/mol. The van der Waals surface area contributed by atoms with Gasteiger partial charge in [-0.3, -0.25) is 4.79 Å². The average molecular weight is 565 g/mol. The molecular weight excluding hydrogens is 518 g/mol. The fourth-order valence-electron chi connectivity index (χ4n) is 4.90. The minimum absolute atomic E-state index is 0.158. The lowest BCUT2D eigenvalue weighted by Gasteiger charge is -2.12. The number of esters is 1. The van der Waals surface area contributed by atoms with Crippen LogP contribution in [0.15, 0.2) is 48.8 Å². The molecule has 0 amide bonds. The zero-order valence-corrected chi connectivity index (χ0v) is 25.2. The van der Waals surface area contributed by atoms with Crippen molar-refractivity contribution < 1.29 is 18.3 Å². The van der Waals surface area contributed by atoms with E-state index in [4.69, 9.17) is 4.74 Å². The van der Waals surface area contributed by atoms with Crippen LogP contribution in [0.5, 0.6) is 5.75 Å². The highest BCUT2D eigenvalue weighted by Crippen LogP contribution is 2.27. The molecule has 0 aliphatic rings. The van der Waals surface area contributed by atoms with Crippen molar-refractivity contribution in [1.29, 1.82) is 0 Å². The Morgan fingerprint density at radius 1 is 0.780 bits per heavy atom. The fraction of sp³-hybridized carbons (Fsp3) is 0.514. The van der Waals surface area contributed by atoms with Gasteiger partial charge in [0.2, 0.25) is 0 Å². The Bertz CT molecular complexity index is 1230. The van der Waals surface area contributed by atoms with E-state index in [1.165, 1.54) is 56.7 Å². The summed E-state index contributed by atoms with van der Waals surface area (Å²) in [6, 6.07) is 9.49. The van der Waals surface area contributed by atoms with E-state index < -0.39 is 5.82 Å². The number of hydrogen-bond donors (Lipinski definition) is 0. The van der Waals surface area contributed by atoms with Gasteiger partial charge < -0.3 is 4.74 Å². The highest BCUT2D eigenvalue weighted by molar-refractivity contribution is 5.75. The lowest BCUT2D eigenvalue weighted by Crippen LogP contribution is -2.18. The summed E-state index contributed by atoms with van der Waals surface area (Å²) in [7, 11) is 0. The molecule has 1 atom stereocenters. The van der Waals surface area contributed by atoms with Gasteiger partial charge in [-0.25, -0.2) is 18.7 Å². The predicted octanol–water partition coefficient (Wildman–Crippen LogP) is 10.1. The van der Waals surface area contributed by atoms with E-state index in [1.807, 2.05) is 19.1 Å². The van der Waals surface area contributed by atoms with Crippen LogP contribution < -0.4 is 4.74 Å². The largest absolute Gasteiger partial charge is 0.426 e. The van der Waals surface area contributed by atoms with Gasteiger partial charge in [-0.05, 0) is 54.5 Å². The van der Waals surface area contributed by atoms with Crippen molar-refractivity contribution in [3.8, 4) is 28.3 Å². The molecule has 2 aromatic carbocycles. The molecule has 0 aliphatic heterocycles. The predicted molar refractivity (Wildman–Crippen MR) is 163 cm³/mol. The van der Waals surface area contributed by atoms with Crippen molar-refractivity contribution in [2.45, 2.75) is 105 Å². The molecule has 1 unspecified atom stereocenters. The number of aromatic nitrogens is 2. The van der Waals surface area contributed by atoms with E-state index in [0.29, 0.717) is 17.0 Å². The van der Waals surface area contributed by atoms with Crippen LogP contribution in [-0.2, 0) is 11.2 Å². The number of benzene rings is 2. The van der Waals surface area contributed by atoms with Crippen LogP contribution >= 0.6 is 0 Å². The molecule has 0 bridgehead atoms. The number of carbonyl (C=O) groups excluding carboxylic acids is 1. The molecule has 0 radical (unpaired) electrons. The fourth-order valence-corrected chi connectivity index (χ4v) is 4.90. The first kappa shape index (κ1) is 32.4. The molecule has 0 saturated carbocycles. The number of hydrogen-bond acceptors (Lipinski definition) is 4. The zero-order chi connectivity index (χ0) is 29.6. The number of ether oxygens (including phenoxy) is 1. The van der Waals surface area contributed by atoms with Crippen LogP contribution in [0.1, 0.15) is 104 Å². The van der Waals surface area contributed by atoms with Gasteiger partial charge in [0.15, 0.2) is 5.82 Å². The van der Waals surface area contributed by atoms with Gasteiger partial charge in [-0.2, -0.15) is 0 Å². The number of aryl methyl sites for hydroxylation is 1. The van der Waals surface area contributed by atoms with Crippen LogP contribution in [0, 0.1) is 23.5 Å². The maximum Gasteiger partial charge on any atom is 0.314 e. The van der Waals surface area contributed by atoms with E-state index in [1.54, 1.807) is 18.5 Å². The summed E-state index contributed by atoms with van der Waals surface area (Å²) in [5.74, 6) is -0.461. The Hall–Kier alpha value is -3.15. The van der Waals surface area contributed by atoms with Gasteiger partial charge in [0.1, 0.15) is 17.4 Å². The average Bonchev–Trinajstić information content (AvgIpc) is 2.95. The Morgan fingerprint density at radius 3 is 2.10 bits per heavy atom. The molecular formula is C35H46F2N2O2. The molecule has 0 N–H and O–H groups in total. The minimum Gasteiger partial charge on any atom is -0.426 e. The molecule has 3 aromatic rings. The summed E-state index contributed by atoms with van der Waals surface area (Å²) in [6.07, 6.45) is 16.4. The van der Waals surface area contributed by atoms with E-state index in [0.717, 1.165) is 44.1 Å². The molecule has 0 spiro atoms. The molecule has 1 aromatic heterocycles. The smallest absolute Gasteiger partial charge is 0.314 e. The molecule has 222 valence electrons. The second kappa shape index (κ2) is 17.0. The summed E-state index contributed by atoms with van der Waals surface area (Å²) in [5, 5.41) is 0. The Morgan fingerprint density at radius 2 is 1.46 bits per heavy atom. The maximum atomic E-state index is 14.9. The third-order valence-electron chi connectivity index (χ3n) is 7.56. The van der Waals surface area contributed by atoms with Gasteiger partial charge in [0.25, 0.3) is 0 Å². The second-order valence-electron chi connectivity index (χ2n) is 11.6. The first-order chi connectivity index (χ1) is 19.8. The standard InChI is InChI=1S/C35H46F2N2O2/c1-5-6-7-8-9-10-11-12-16-27-17-18-28(21-32(27)36)29-23-38-34(39-24-29)31-20-19-30(22-33(31)37)41-35(40)26(4)15-13-14-25(2)3/h17-26H,5-16H2,1-4H3. The first-order valence-corrected chi connectivity index (χ1v) is 15.4. The lowest BCUT2D eigenvalue weighted by molar-refractivity contribution is -0.138. The maximum absolute atomic E-state index is 14.9. The van der Waals surface area contributed by atoms with Crippen LogP contribution in [0.3, 0.4) is 0 Å². The first-order valence-electron chi connectivity index (χ1n) is 15.4. The van der Waals surface area contributed by atoms with Gasteiger partial charge >= 0.3 is 5.97 Å². The summed E-state index contributed by atoms with van der Waals surface area (Å²) in [5.41, 5.74) is 2.26. The SMILES string of the molecule is CCCCCCCCCCc1ccc(-c2cnc(-c3ccc(OC(=O)C(C)CCCC(C)C)cc3F)nc2)cc1F. The van der Waals surface area contributed by atoms with Crippen molar-refractivity contribution in [3.05, 3.63) is 66.0 Å². The Kier molecular flexibility index (Phi) is 13.4. The van der Waals surface area contributed by atoms with Crippen LogP contribution in [0.2, 0.25) is 0 Å². The molecule has 0 fully saturated rings. The van der Waals surface area contributed by atoms with Gasteiger partial charge in [-0.1, -0.05) is 97.6 Å².